The fraction of sp³-hybridized carbons (Fsp3) is 0.833. The summed E-state index contributed by atoms with van der Waals surface area (Å²) in [6.45, 7) is 9.22. The topological polar surface area (TPSA) is 0 Å². The van der Waals surface area contributed by atoms with Crippen molar-refractivity contribution in [2.45, 2.75) is 55.4 Å². The van der Waals surface area contributed by atoms with Gasteiger partial charge in [0.05, 0.1) is 0 Å². The summed E-state index contributed by atoms with van der Waals surface area (Å²) in [5, 5.41) is 0. The Morgan fingerprint density at radius 1 is 0.750 bits per heavy atom. The van der Waals surface area contributed by atoms with Crippen LogP contribution in [0.3, 0.4) is 0 Å². The first-order valence-electron chi connectivity index (χ1n) is 4.12. The summed E-state index contributed by atoms with van der Waals surface area (Å²) in [4.78, 5) is 0. The van der Waals surface area contributed by atoms with Crippen molar-refractivity contribution in [3.8, 4) is 0 Å². The Morgan fingerprint density at radius 3 is 1.17 bits per heavy atom. The lowest BCUT2D eigenvalue weighted by molar-refractivity contribution is 0.299. The van der Waals surface area contributed by atoms with E-state index in [4.69, 9.17) is 0 Å². The van der Waals surface area contributed by atoms with E-state index in [0.29, 0.717) is 10.8 Å². The van der Waals surface area contributed by atoms with E-state index < -0.39 is 0 Å². The minimum atomic E-state index is 0. The molecule has 0 aromatic rings. The quantitative estimate of drug-likeness (QED) is 0.464. The van der Waals surface area contributed by atoms with Crippen LogP contribution in [0.1, 0.15) is 55.4 Å². The van der Waals surface area contributed by atoms with Gasteiger partial charge in [-0.25, -0.2) is 0 Å². The SMILES string of the molecule is C.C.CC1(C)C=CC(C)(C)CC1. The Bertz CT molecular complexity index is 131. The summed E-state index contributed by atoms with van der Waals surface area (Å²) in [6.07, 6.45) is 7.38. The normalized spacial score (nSPS) is 23.7. The summed E-state index contributed by atoms with van der Waals surface area (Å²) in [7, 11) is 0. The van der Waals surface area contributed by atoms with Crippen LogP contribution >= 0.6 is 0 Å². The molecule has 12 heavy (non-hydrogen) atoms. The first-order valence-corrected chi connectivity index (χ1v) is 4.12. The van der Waals surface area contributed by atoms with Crippen molar-refractivity contribution in [2.24, 2.45) is 10.8 Å². The van der Waals surface area contributed by atoms with Gasteiger partial charge in [0.2, 0.25) is 0 Å². The molecule has 0 unspecified atom stereocenters. The maximum atomic E-state index is 2.36. The Morgan fingerprint density at radius 2 is 1.00 bits per heavy atom. The predicted octanol–water partition coefficient (Wildman–Crippen LogP) is 4.66. The van der Waals surface area contributed by atoms with Crippen molar-refractivity contribution in [1.82, 2.24) is 0 Å². The molecule has 0 radical (unpaired) electrons. The maximum absolute atomic E-state index is 2.36. The fourth-order valence-corrected chi connectivity index (χ4v) is 1.26. The molecule has 0 spiro atoms. The van der Waals surface area contributed by atoms with Crippen LogP contribution in [0, 0.1) is 10.8 Å². The third kappa shape index (κ3) is 3.94. The first-order chi connectivity index (χ1) is 4.41. The Kier molecular flexibility index (Phi) is 4.89. The average Bonchev–Trinajstić information content (AvgIpc) is 1.79. The van der Waals surface area contributed by atoms with Crippen molar-refractivity contribution in [1.29, 1.82) is 0 Å². The van der Waals surface area contributed by atoms with Crippen LogP contribution in [-0.4, -0.2) is 0 Å². The third-order valence-electron chi connectivity index (χ3n) is 2.40. The lowest BCUT2D eigenvalue weighted by atomic mass is 9.73. The molecule has 1 aliphatic rings. The van der Waals surface area contributed by atoms with Crippen LogP contribution in [-0.2, 0) is 0 Å². The molecule has 0 bridgehead atoms. The molecule has 0 amide bonds. The van der Waals surface area contributed by atoms with Crippen molar-refractivity contribution in [3.05, 3.63) is 12.2 Å². The average molecular weight is 170 g/mol. The van der Waals surface area contributed by atoms with E-state index in [9.17, 15) is 0 Å². The molecule has 0 fully saturated rings. The number of hydrogen-bond donors (Lipinski definition) is 0. The zero-order valence-corrected chi connectivity index (χ0v) is 7.57. The van der Waals surface area contributed by atoms with E-state index in [0.717, 1.165) is 0 Å². The molecule has 1 rings (SSSR count). The van der Waals surface area contributed by atoms with Crippen LogP contribution in [0.4, 0.5) is 0 Å². The standard InChI is InChI=1S/C10H18.2CH4/c1-9(2)5-7-10(3,4)8-6-9;;/h5,7H,6,8H2,1-4H3;2*1H4. The van der Waals surface area contributed by atoms with Crippen molar-refractivity contribution in [2.75, 3.05) is 0 Å². The highest BCUT2D eigenvalue weighted by Crippen LogP contribution is 2.38. The Balaban J connectivity index is 0. The van der Waals surface area contributed by atoms with E-state index in [1.807, 2.05) is 0 Å². The minimum Gasteiger partial charge on any atom is -0.0823 e. The molecule has 0 saturated carbocycles. The van der Waals surface area contributed by atoms with Gasteiger partial charge in [0.15, 0.2) is 0 Å². The molecular formula is C12H26. The van der Waals surface area contributed by atoms with Crippen LogP contribution in [0.5, 0.6) is 0 Å². The number of allylic oxidation sites excluding steroid dienone is 2. The summed E-state index contributed by atoms with van der Waals surface area (Å²) in [5.74, 6) is 0. The van der Waals surface area contributed by atoms with Gasteiger partial charge in [0.25, 0.3) is 0 Å². The highest BCUT2D eigenvalue weighted by atomic mass is 14.3. The van der Waals surface area contributed by atoms with Gasteiger partial charge in [-0.15, -0.1) is 0 Å². The Hall–Kier alpha value is -0.260. The smallest absolute Gasteiger partial charge is 0.0174 e. The summed E-state index contributed by atoms with van der Waals surface area (Å²) in [6, 6.07) is 0. The van der Waals surface area contributed by atoms with Gasteiger partial charge in [0.1, 0.15) is 0 Å². The van der Waals surface area contributed by atoms with Crippen molar-refractivity contribution >= 4 is 0 Å². The molecule has 0 nitrogen and oxygen atoms in total. The van der Waals surface area contributed by atoms with Crippen LogP contribution < -0.4 is 0 Å². The molecule has 0 saturated heterocycles. The van der Waals surface area contributed by atoms with E-state index in [1.165, 1.54) is 12.8 Å². The van der Waals surface area contributed by atoms with Crippen LogP contribution in [0.2, 0.25) is 0 Å². The van der Waals surface area contributed by atoms with Crippen molar-refractivity contribution in [3.63, 3.8) is 0 Å². The molecule has 0 heteroatoms. The summed E-state index contributed by atoms with van der Waals surface area (Å²) in [5.41, 5.74) is 0.908. The van der Waals surface area contributed by atoms with Gasteiger partial charge in [-0.2, -0.15) is 0 Å². The molecule has 0 N–H and O–H groups in total. The predicted molar refractivity (Wildman–Crippen MR) is 59.4 cm³/mol. The maximum Gasteiger partial charge on any atom is -0.0174 e. The lowest BCUT2D eigenvalue weighted by Gasteiger charge is -2.33. The summed E-state index contributed by atoms with van der Waals surface area (Å²) >= 11 is 0. The molecule has 0 aliphatic heterocycles. The Labute approximate surface area is 79.1 Å². The van der Waals surface area contributed by atoms with Gasteiger partial charge in [-0.1, -0.05) is 54.7 Å². The van der Waals surface area contributed by atoms with Crippen LogP contribution in [0.15, 0.2) is 12.2 Å². The van der Waals surface area contributed by atoms with E-state index in [1.54, 1.807) is 0 Å². The lowest BCUT2D eigenvalue weighted by Crippen LogP contribution is -2.20. The van der Waals surface area contributed by atoms with Crippen LogP contribution in [0.25, 0.3) is 0 Å². The summed E-state index contributed by atoms with van der Waals surface area (Å²) < 4.78 is 0. The van der Waals surface area contributed by atoms with E-state index in [2.05, 4.69) is 39.8 Å². The first kappa shape index (κ1) is 14.3. The van der Waals surface area contributed by atoms with Crippen molar-refractivity contribution < 1.29 is 0 Å². The molecular weight excluding hydrogens is 144 g/mol. The van der Waals surface area contributed by atoms with E-state index >= 15 is 0 Å². The zero-order chi connectivity index (χ0) is 7.83. The second-order valence-electron chi connectivity index (χ2n) is 4.81. The van der Waals surface area contributed by atoms with E-state index in [-0.39, 0.29) is 14.9 Å². The fourth-order valence-electron chi connectivity index (χ4n) is 1.26. The number of rotatable bonds is 0. The monoisotopic (exact) mass is 170 g/mol. The molecule has 0 atom stereocenters. The molecule has 1 aliphatic carbocycles. The van der Waals surface area contributed by atoms with Gasteiger partial charge < -0.3 is 0 Å². The van der Waals surface area contributed by atoms with Gasteiger partial charge in [0, 0.05) is 0 Å². The largest absolute Gasteiger partial charge is 0.0823 e. The van der Waals surface area contributed by atoms with Gasteiger partial charge >= 0.3 is 0 Å². The minimum absolute atomic E-state index is 0. The highest BCUT2D eigenvalue weighted by Gasteiger charge is 2.25. The second-order valence-corrected chi connectivity index (χ2v) is 4.81. The van der Waals surface area contributed by atoms with Gasteiger partial charge in [-0.05, 0) is 23.7 Å². The molecule has 0 aromatic carbocycles. The van der Waals surface area contributed by atoms with Gasteiger partial charge in [-0.3, -0.25) is 0 Å². The molecule has 0 aromatic heterocycles. The molecule has 0 heterocycles. The zero-order valence-electron chi connectivity index (χ0n) is 7.57. The third-order valence-corrected chi connectivity index (χ3v) is 2.40. The second kappa shape index (κ2) is 4.11. The molecule has 74 valence electrons. The highest BCUT2D eigenvalue weighted by molar-refractivity contribution is 5.06. The number of hydrogen-bond acceptors (Lipinski definition) is 0.